The zero-order valence-corrected chi connectivity index (χ0v) is 11.8. The molecule has 1 saturated heterocycles. The Labute approximate surface area is 115 Å². The van der Waals surface area contributed by atoms with Crippen LogP contribution in [0.1, 0.15) is 38.4 Å². The van der Waals surface area contributed by atoms with Gasteiger partial charge >= 0.3 is 0 Å². The molecule has 0 radical (unpaired) electrons. The summed E-state index contributed by atoms with van der Waals surface area (Å²) in [6, 6.07) is 8.39. The molecular weight excluding hydrogens is 238 g/mol. The van der Waals surface area contributed by atoms with Crippen molar-refractivity contribution < 1.29 is 9.47 Å². The average Bonchev–Trinajstić information content (AvgIpc) is 2.46. The van der Waals surface area contributed by atoms with E-state index in [0.717, 1.165) is 31.8 Å². The Hall–Kier alpha value is -1.06. The highest BCUT2D eigenvalue weighted by atomic mass is 16.5. The first-order valence-electron chi connectivity index (χ1n) is 7.25. The number of hydrogen-bond donors (Lipinski definition) is 1. The minimum atomic E-state index is 0.108. The number of rotatable bonds is 2. The summed E-state index contributed by atoms with van der Waals surface area (Å²) in [5.74, 6) is 1.41. The van der Waals surface area contributed by atoms with Crippen molar-refractivity contribution in [2.24, 2.45) is 17.1 Å². The highest BCUT2D eigenvalue weighted by Crippen LogP contribution is 2.49. The van der Waals surface area contributed by atoms with Crippen molar-refractivity contribution in [2.75, 3.05) is 13.2 Å². The van der Waals surface area contributed by atoms with E-state index in [0.29, 0.717) is 5.92 Å². The predicted octanol–water partition coefficient (Wildman–Crippen LogP) is 2.90. The lowest BCUT2D eigenvalue weighted by molar-refractivity contribution is -0.127. The Morgan fingerprint density at radius 2 is 2.21 bits per heavy atom. The van der Waals surface area contributed by atoms with Crippen molar-refractivity contribution >= 4 is 0 Å². The normalized spacial score (nSPS) is 34.9. The SMILES string of the molecule is CCC1(C(C)N)CO[C@H]2c3ccccc3OCC2C1. The van der Waals surface area contributed by atoms with E-state index >= 15 is 0 Å². The van der Waals surface area contributed by atoms with Crippen LogP contribution in [0.15, 0.2) is 24.3 Å². The van der Waals surface area contributed by atoms with E-state index in [2.05, 4.69) is 26.0 Å². The molecule has 104 valence electrons. The molecule has 2 N–H and O–H groups in total. The summed E-state index contributed by atoms with van der Waals surface area (Å²) in [7, 11) is 0. The molecular formula is C16H23NO2. The minimum Gasteiger partial charge on any atom is -0.493 e. The van der Waals surface area contributed by atoms with Gasteiger partial charge in [0.25, 0.3) is 0 Å². The smallest absolute Gasteiger partial charge is 0.125 e. The van der Waals surface area contributed by atoms with E-state index in [1.54, 1.807) is 0 Å². The van der Waals surface area contributed by atoms with Gasteiger partial charge in [0.05, 0.1) is 19.3 Å². The van der Waals surface area contributed by atoms with Crippen LogP contribution < -0.4 is 10.5 Å². The second-order valence-corrected chi connectivity index (χ2v) is 6.05. The topological polar surface area (TPSA) is 44.5 Å². The maximum absolute atomic E-state index is 6.22. The van der Waals surface area contributed by atoms with Crippen molar-refractivity contribution in [1.82, 2.24) is 0 Å². The van der Waals surface area contributed by atoms with Crippen molar-refractivity contribution in [1.29, 1.82) is 0 Å². The summed E-state index contributed by atoms with van der Waals surface area (Å²) < 4.78 is 12.1. The molecule has 3 unspecified atom stereocenters. The van der Waals surface area contributed by atoms with Crippen molar-refractivity contribution in [3.63, 3.8) is 0 Å². The molecule has 19 heavy (non-hydrogen) atoms. The van der Waals surface area contributed by atoms with Crippen LogP contribution in [0.3, 0.4) is 0 Å². The largest absolute Gasteiger partial charge is 0.493 e. The quantitative estimate of drug-likeness (QED) is 0.890. The average molecular weight is 261 g/mol. The number of nitrogens with two attached hydrogens (primary N) is 1. The van der Waals surface area contributed by atoms with Gasteiger partial charge in [-0.25, -0.2) is 0 Å². The first-order chi connectivity index (χ1) is 9.16. The van der Waals surface area contributed by atoms with Gasteiger partial charge in [-0.05, 0) is 25.8 Å². The van der Waals surface area contributed by atoms with Crippen LogP contribution in [-0.4, -0.2) is 19.3 Å². The summed E-state index contributed by atoms with van der Waals surface area (Å²) in [5, 5.41) is 0. The fourth-order valence-electron chi connectivity index (χ4n) is 3.50. The zero-order valence-electron chi connectivity index (χ0n) is 11.8. The van der Waals surface area contributed by atoms with E-state index in [1.165, 1.54) is 5.56 Å². The second-order valence-electron chi connectivity index (χ2n) is 6.05. The van der Waals surface area contributed by atoms with Gasteiger partial charge in [0.15, 0.2) is 0 Å². The molecule has 1 aromatic rings. The summed E-state index contributed by atoms with van der Waals surface area (Å²) in [4.78, 5) is 0. The van der Waals surface area contributed by atoms with Gasteiger partial charge in [-0.3, -0.25) is 0 Å². The lowest BCUT2D eigenvalue weighted by Crippen LogP contribution is -2.50. The molecule has 3 nitrogen and oxygen atoms in total. The molecule has 0 amide bonds. The second kappa shape index (κ2) is 4.80. The van der Waals surface area contributed by atoms with Gasteiger partial charge in [0.1, 0.15) is 5.75 Å². The molecule has 0 spiro atoms. The van der Waals surface area contributed by atoms with Crippen molar-refractivity contribution in [3.05, 3.63) is 29.8 Å². The van der Waals surface area contributed by atoms with Crippen molar-refractivity contribution in [3.8, 4) is 5.75 Å². The Balaban J connectivity index is 1.87. The van der Waals surface area contributed by atoms with Gasteiger partial charge in [-0.1, -0.05) is 25.1 Å². The van der Waals surface area contributed by atoms with E-state index < -0.39 is 0 Å². The van der Waals surface area contributed by atoms with E-state index in [4.69, 9.17) is 15.2 Å². The van der Waals surface area contributed by atoms with Crippen LogP contribution in [0.25, 0.3) is 0 Å². The molecule has 0 aromatic heterocycles. The van der Waals surface area contributed by atoms with Gasteiger partial charge in [-0.2, -0.15) is 0 Å². The van der Waals surface area contributed by atoms with Crippen LogP contribution in [-0.2, 0) is 4.74 Å². The third-order valence-electron chi connectivity index (χ3n) is 5.00. The molecule has 4 atom stereocenters. The first-order valence-corrected chi connectivity index (χ1v) is 7.25. The van der Waals surface area contributed by atoms with Gasteiger partial charge in [0, 0.05) is 22.9 Å². The summed E-state index contributed by atoms with van der Waals surface area (Å²) >= 11 is 0. The summed E-state index contributed by atoms with van der Waals surface area (Å²) in [6.07, 6.45) is 2.35. The standard InChI is InChI=1S/C16H23NO2/c1-3-16(11(2)17)8-12-9-18-14-7-5-4-6-13(14)15(12)19-10-16/h4-7,11-12,15H,3,8-10,17H2,1-2H3/t11?,12?,15-,16?/m1/s1. The molecule has 1 fully saturated rings. The zero-order chi connectivity index (χ0) is 13.5. The maximum Gasteiger partial charge on any atom is 0.125 e. The third-order valence-corrected chi connectivity index (χ3v) is 5.00. The first kappa shape index (κ1) is 12.9. The number of hydrogen-bond acceptors (Lipinski definition) is 3. The molecule has 2 aliphatic rings. The van der Waals surface area contributed by atoms with Crippen molar-refractivity contribution in [2.45, 2.75) is 38.8 Å². The predicted molar refractivity (Wildman–Crippen MR) is 75.1 cm³/mol. The Bertz CT molecular complexity index is 460. The van der Waals surface area contributed by atoms with E-state index in [9.17, 15) is 0 Å². The lowest BCUT2D eigenvalue weighted by atomic mass is 9.69. The molecule has 2 heterocycles. The minimum absolute atomic E-state index is 0.108. The summed E-state index contributed by atoms with van der Waals surface area (Å²) in [6.45, 7) is 5.82. The van der Waals surface area contributed by atoms with Gasteiger partial charge in [0.2, 0.25) is 0 Å². The number of ether oxygens (including phenoxy) is 2. The molecule has 2 aliphatic heterocycles. The van der Waals surface area contributed by atoms with Crippen LogP contribution in [0, 0.1) is 11.3 Å². The monoisotopic (exact) mass is 261 g/mol. The molecule has 3 rings (SSSR count). The van der Waals surface area contributed by atoms with Crippen LogP contribution in [0.4, 0.5) is 0 Å². The molecule has 0 bridgehead atoms. The highest BCUT2D eigenvalue weighted by molar-refractivity contribution is 5.37. The summed E-state index contributed by atoms with van der Waals surface area (Å²) in [5.41, 5.74) is 7.52. The Morgan fingerprint density at radius 3 is 2.95 bits per heavy atom. The number of para-hydroxylation sites is 1. The molecule has 0 aliphatic carbocycles. The Morgan fingerprint density at radius 1 is 1.42 bits per heavy atom. The fraction of sp³-hybridized carbons (Fsp3) is 0.625. The van der Waals surface area contributed by atoms with E-state index in [1.807, 2.05) is 12.1 Å². The maximum atomic E-state index is 6.22. The lowest BCUT2D eigenvalue weighted by Gasteiger charge is -2.48. The van der Waals surface area contributed by atoms with Crippen LogP contribution in [0.2, 0.25) is 0 Å². The van der Waals surface area contributed by atoms with Crippen LogP contribution >= 0.6 is 0 Å². The van der Waals surface area contributed by atoms with Crippen LogP contribution in [0.5, 0.6) is 5.75 Å². The molecule has 3 heteroatoms. The van der Waals surface area contributed by atoms with E-state index in [-0.39, 0.29) is 17.6 Å². The molecule has 0 saturated carbocycles. The number of benzene rings is 1. The number of fused-ring (bicyclic) bond motifs is 3. The molecule has 1 aromatic carbocycles. The van der Waals surface area contributed by atoms with Gasteiger partial charge < -0.3 is 15.2 Å². The highest BCUT2D eigenvalue weighted by Gasteiger charge is 2.45. The third kappa shape index (κ3) is 2.05. The van der Waals surface area contributed by atoms with Gasteiger partial charge in [-0.15, -0.1) is 0 Å². The fourth-order valence-corrected chi connectivity index (χ4v) is 3.50. The Kier molecular flexibility index (Phi) is 3.27.